The molecule has 5 nitrogen and oxygen atoms in total. The van der Waals surface area contributed by atoms with Crippen LogP contribution in [-0.4, -0.2) is 43.8 Å². The van der Waals surface area contributed by atoms with Crippen molar-refractivity contribution in [3.63, 3.8) is 0 Å². The molecule has 1 aliphatic heterocycles. The van der Waals surface area contributed by atoms with E-state index in [1.165, 1.54) is 11.4 Å². The predicted octanol–water partition coefficient (Wildman–Crippen LogP) is 2.15. The quantitative estimate of drug-likeness (QED) is 0.624. The Morgan fingerprint density at radius 2 is 2.38 bits per heavy atom. The topological polar surface area (TPSA) is 58.5 Å². The summed E-state index contributed by atoms with van der Waals surface area (Å²) < 4.78 is 5.59. The molecule has 0 bridgehead atoms. The van der Waals surface area contributed by atoms with Crippen molar-refractivity contribution < 1.29 is 4.74 Å². The van der Waals surface area contributed by atoms with Crippen LogP contribution >= 0.6 is 11.3 Å². The van der Waals surface area contributed by atoms with E-state index >= 15 is 0 Å². The Morgan fingerprint density at radius 1 is 1.52 bits per heavy atom. The molecule has 2 rings (SSSR count). The maximum atomic E-state index is 5.59. The highest BCUT2D eigenvalue weighted by Gasteiger charge is 2.15. The fourth-order valence-electron chi connectivity index (χ4n) is 2.25. The van der Waals surface area contributed by atoms with Gasteiger partial charge in [-0.1, -0.05) is 13.8 Å². The van der Waals surface area contributed by atoms with Crippen LogP contribution in [0.5, 0.6) is 0 Å². The molecule has 1 saturated heterocycles. The molecule has 118 valence electrons. The molecule has 1 aromatic rings. The molecule has 1 aliphatic rings. The Bertz CT molecular complexity index is 452. The number of hydrogen-bond acceptors (Lipinski definition) is 4. The molecule has 0 saturated carbocycles. The highest BCUT2D eigenvalue weighted by Crippen LogP contribution is 2.19. The van der Waals surface area contributed by atoms with Crippen molar-refractivity contribution in [3.8, 4) is 0 Å². The fraction of sp³-hybridized carbons (Fsp3) is 0.733. The third kappa shape index (κ3) is 5.28. The molecule has 1 atom stereocenters. The molecule has 0 spiro atoms. The number of guanidine groups is 1. The van der Waals surface area contributed by atoms with Gasteiger partial charge in [0.25, 0.3) is 0 Å². The summed E-state index contributed by atoms with van der Waals surface area (Å²) >= 11 is 1.75. The Morgan fingerprint density at radius 3 is 3.00 bits per heavy atom. The number of ether oxygens (including phenoxy) is 1. The first-order chi connectivity index (χ1) is 10.2. The summed E-state index contributed by atoms with van der Waals surface area (Å²) in [5, 5.41) is 10.0. The molecular formula is C15H26N4OS. The summed E-state index contributed by atoms with van der Waals surface area (Å²) in [6, 6.07) is 0. The third-order valence-corrected chi connectivity index (χ3v) is 4.68. The SMILES string of the molecule is CN=C(NCCc1csc(C(C)C)n1)NCC1CCCO1. The zero-order valence-corrected chi connectivity index (χ0v) is 14.0. The number of nitrogens with one attached hydrogen (secondary N) is 2. The minimum absolute atomic E-state index is 0.329. The second-order valence-corrected chi connectivity index (χ2v) is 6.49. The molecule has 21 heavy (non-hydrogen) atoms. The average molecular weight is 310 g/mol. The first-order valence-corrected chi connectivity index (χ1v) is 8.57. The van der Waals surface area contributed by atoms with E-state index in [0.29, 0.717) is 12.0 Å². The van der Waals surface area contributed by atoms with Gasteiger partial charge in [0.05, 0.1) is 16.8 Å². The number of aliphatic imine (C=N–C) groups is 1. The van der Waals surface area contributed by atoms with Gasteiger partial charge < -0.3 is 15.4 Å². The van der Waals surface area contributed by atoms with E-state index in [0.717, 1.165) is 44.2 Å². The van der Waals surface area contributed by atoms with Crippen LogP contribution in [0.3, 0.4) is 0 Å². The van der Waals surface area contributed by atoms with Gasteiger partial charge in [0.1, 0.15) is 0 Å². The van der Waals surface area contributed by atoms with Crippen molar-refractivity contribution in [3.05, 3.63) is 16.1 Å². The van der Waals surface area contributed by atoms with Gasteiger partial charge in [-0.3, -0.25) is 4.99 Å². The molecule has 2 N–H and O–H groups in total. The van der Waals surface area contributed by atoms with Crippen LogP contribution < -0.4 is 10.6 Å². The lowest BCUT2D eigenvalue weighted by Crippen LogP contribution is -2.41. The van der Waals surface area contributed by atoms with Crippen LogP contribution in [0.4, 0.5) is 0 Å². The number of hydrogen-bond donors (Lipinski definition) is 2. The first kappa shape index (κ1) is 16.2. The molecule has 6 heteroatoms. The van der Waals surface area contributed by atoms with Gasteiger partial charge in [-0.25, -0.2) is 4.98 Å². The number of rotatable bonds is 6. The van der Waals surface area contributed by atoms with Gasteiger partial charge in [0.2, 0.25) is 0 Å². The molecule has 0 aromatic carbocycles. The van der Waals surface area contributed by atoms with Crippen molar-refractivity contribution in [2.75, 3.05) is 26.7 Å². The summed E-state index contributed by atoms with van der Waals surface area (Å²) in [5.74, 6) is 1.35. The van der Waals surface area contributed by atoms with Crippen LogP contribution in [0.1, 0.15) is 43.3 Å². The third-order valence-electron chi connectivity index (χ3n) is 3.48. The van der Waals surface area contributed by atoms with Gasteiger partial charge in [-0.2, -0.15) is 0 Å². The first-order valence-electron chi connectivity index (χ1n) is 7.69. The van der Waals surface area contributed by atoms with Gasteiger partial charge in [0.15, 0.2) is 5.96 Å². The van der Waals surface area contributed by atoms with Crippen LogP contribution in [0.25, 0.3) is 0 Å². The van der Waals surface area contributed by atoms with Crippen LogP contribution in [0.2, 0.25) is 0 Å². The molecule has 1 fully saturated rings. The lowest BCUT2D eigenvalue weighted by Gasteiger charge is -2.14. The van der Waals surface area contributed by atoms with Gasteiger partial charge >= 0.3 is 0 Å². The molecule has 1 unspecified atom stereocenters. The van der Waals surface area contributed by atoms with Crippen LogP contribution in [-0.2, 0) is 11.2 Å². The summed E-state index contributed by atoms with van der Waals surface area (Å²) in [5.41, 5.74) is 1.16. The lowest BCUT2D eigenvalue weighted by molar-refractivity contribution is 0.114. The van der Waals surface area contributed by atoms with Crippen molar-refractivity contribution in [2.24, 2.45) is 4.99 Å². The number of thiazole rings is 1. The van der Waals surface area contributed by atoms with Crippen molar-refractivity contribution >= 4 is 17.3 Å². The second kappa shape index (κ2) is 8.34. The summed E-state index contributed by atoms with van der Waals surface area (Å²) in [4.78, 5) is 8.87. The van der Waals surface area contributed by atoms with E-state index < -0.39 is 0 Å². The van der Waals surface area contributed by atoms with E-state index in [2.05, 4.69) is 39.8 Å². The number of nitrogens with zero attached hydrogens (tertiary/aromatic N) is 2. The van der Waals surface area contributed by atoms with E-state index in [-0.39, 0.29) is 0 Å². The molecule has 0 aliphatic carbocycles. The smallest absolute Gasteiger partial charge is 0.191 e. The minimum atomic E-state index is 0.329. The van der Waals surface area contributed by atoms with Crippen molar-refractivity contribution in [1.82, 2.24) is 15.6 Å². The Balaban J connectivity index is 1.67. The highest BCUT2D eigenvalue weighted by atomic mass is 32.1. The molecule has 2 heterocycles. The monoisotopic (exact) mass is 310 g/mol. The fourth-order valence-corrected chi connectivity index (χ4v) is 3.12. The normalized spacial score (nSPS) is 19.2. The summed E-state index contributed by atoms with van der Waals surface area (Å²) in [7, 11) is 1.80. The van der Waals surface area contributed by atoms with E-state index in [9.17, 15) is 0 Å². The van der Waals surface area contributed by atoms with Crippen molar-refractivity contribution in [2.45, 2.75) is 45.1 Å². The average Bonchev–Trinajstić information content (AvgIpc) is 3.13. The summed E-state index contributed by atoms with van der Waals surface area (Å²) in [6.45, 7) is 6.91. The molecule has 0 radical (unpaired) electrons. The molecular weight excluding hydrogens is 284 g/mol. The Kier molecular flexibility index (Phi) is 6.45. The van der Waals surface area contributed by atoms with Gasteiger partial charge in [-0.15, -0.1) is 11.3 Å². The standard InChI is InChI=1S/C15H26N4OS/c1-11(2)14-19-12(10-21-14)6-7-17-15(16-3)18-9-13-5-4-8-20-13/h10-11,13H,4-9H2,1-3H3,(H2,16,17,18). The Hall–Kier alpha value is -1.14. The summed E-state index contributed by atoms with van der Waals surface area (Å²) in [6.07, 6.45) is 3.56. The Labute approximate surface area is 131 Å². The van der Waals surface area contributed by atoms with E-state index in [4.69, 9.17) is 4.74 Å². The zero-order valence-electron chi connectivity index (χ0n) is 13.2. The van der Waals surface area contributed by atoms with Gasteiger partial charge in [0, 0.05) is 44.5 Å². The lowest BCUT2D eigenvalue weighted by atomic mass is 10.2. The van der Waals surface area contributed by atoms with E-state index in [1.807, 2.05) is 0 Å². The number of aromatic nitrogens is 1. The van der Waals surface area contributed by atoms with Crippen molar-refractivity contribution in [1.29, 1.82) is 0 Å². The maximum Gasteiger partial charge on any atom is 0.191 e. The van der Waals surface area contributed by atoms with Crippen LogP contribution in [0, 0.1) is 0 Å². The minimum Gasteiger partial charge on any atom is -0.376 e. The van der Waals surface area contributed by atoms with Crippen LogP contribution in [0.15, 0.2) is 10.4 Å². The zero-order chi connectivity index (χ0) is 15.1. The second-order valence-electron chi connectivity index (χ2n) is 5.60. The van der Waals surface area contributed by atoms with Gasteiger partial charge in [-0.05, 0) is 12.8 Å². The molecule has 0 amide bonds. The van der Waals surface area contributed by atoms with E-state index in [1.54, 1.807) is 18.4 Å². The maximum absolute atomic E-state index is 5.59. The predicted molar refractivity (Wildman–Crippen MR) is 88.2 cm³/mol. The molecule has 1 aromatic heterocycles. The highest BCUT2D eigenvalue weighted by molar-refractivity contribution is 7.09. The largest absolute Gasteiger partial charge is 0.376 e.